The number of ether oxygens (including phenoxy) is 1. The molecule has 1 aromatic carbocycles. The Kier molecular flexibility index (Phi) is 2.31. The predicted molar refractivity (Wildman–Crippen MR) is 61.0 cm³/mol. The zero-order chi connectivity index (χ0) is 10.8. The van der Waals surface area contributed by atoms with Crippen LogP contribution in [0.1, 0.15) is 11.3 Å². The summed E-state index contributed by atoms with van der Waals surface area (Å²) < 4.78 is 5.14. The molecule has 0 amide bonds. The second-order valence-corrected chi connectivity index (χ2v) is 3.35. The summed E-state index contributed by atoms with van der Waals surface area (Å²) in [6, 6.07) is 7.72. The smallest absolute Gasteiger partial charge is 0.121 e. The van der Waals surface area contributed by atoms with Gasteiger partial charge in [-0.2, -0.15) is 0 Å². The molecule has 0 spiro atoms. The van der Waals surface area contributed by atoms with E-state index >= 15 is 0 Å². The monoisotopic (exact) mass is 197 g/mol. The zero-order valence-corrected chi connectivity index (χ0v) is 8.74. The molecule has 1 aromatic heterocycles. The lowest BCUT2D eigenvalue weighted by atomic mass is 10.1. The highest BCUT2D eigenvalue weighted by atomic mass is 16.5. The largest absolute Gasteiger partial charge is 0.497 e. The third kappa shape index (κ3) is 1.64. The number of hydrogen-bond acceptors (Lipinski definition) is 2. The average Bonchev–Trinajstić information content (AvgIpc) is 2.28. The van der Waals surface area contributed by atoms with Crippen LogP contribution in [0.2, 0.25) is 0 Å². The van der Waals surface area contributed by atoms with Gasteiger partial charge in [-0.25, -0.2) is 4.98 Å². The van der Waals surface area contributed by atoms with Crippen LogP contribution in [0.5, 0.6) is 5.75 Å². The third-order valence-electron chi connectivity index (χ3n) is 2.37. The Labute approximate surface area is 88.9 Å². The van der Waals surface area contributed by atoms with Crippen molar-refractivity contribution in [1.82, 2.24) is 4.98 Å². The standard InChI is InChI=1S/C13H11NO/c1-4-10-7-9(2)12-6-5-11(15-3)8-13(12)14-10/h1,5-8H,2-3H3. The van der Waals surface area contributed by atoms with E-state index in [1.165, 1.54) is 0 Å². The normalized spacial score (nSPS) is 9.93. The van der Waals surface area contributed by atoms with Gasteiger partial charge in [-0.05, 0) is 30.7 Å². The van der Waals surface area contributed by atoms with Crippen LogP contribution in [0.15, 0.2) is 24.3 Å². The lowest BCUT2D eigenvalue weighted by Crippen LogP contribution is -1.89. The van der Waals surface area contributed by atoms with E-state index in [9.17, 15) is 0 Å². The van der Waals surface area contributed by atoms with Crippen molar-refractivity contribution in [3.63, 3.8) is 0 Å². The average molecular weight is 197 g/mol. The molecule has 0 saturated carbocycles. The van der Waals surface area contributed by atoms with Crippen LogP contribution in [-0.2, 0) is 0 Å². The highest BCUT2D eigenvalue weighted by Crippen LogP contribution is 2.22. The molecular formula is C13H11NO. The Bertz CT molecular complexity index is 552. The maximum atomic E-state index is 5.34. The van der Waals surface area contributed by atoms with E-state index in [0.717, 1.165) is 22.2 Å². The van der Waals surface area contributed by atoms with Crippen LogP contribution in [0.25, 0.3) is 10.9 Å². The van der Waals surface area contributed by atoms with Crippen LogP contribution < -0.4 is 4.74 Å². The van der Waals surface area contributed by atoms with Crippen molar-refractivity contribution in [3.8, 4) is 18.1 Å². The van der Waals surface area contributed by atoms with Crippen molar-refractivity contribution in [1.29, 1.82) is 0 Å². The van der Waals surface area contributed by atoms with E-state index in [2.05, 4.69) is 10.9 Å². The van der Waals surface area contributed by atoms with Crippen molar-refractivity contribution in [3.05, 3.63) is 35.5 Å². The Morgan fingerprint density at radius 1 is 1.33 bits per heavy atom. The molecule has 0 N–H and O–H groups in total. The highest BCUT2D eigenvalue weighted by Gasteiger charge is 2.02. The summed E-state index contributed by atoms with van der Waals surface area (Å²) in [5, 5.41) is 1.11. The Hall–Kier alpha value is -2.01. The Balaban J connectivity index is 2.76. The van der Waals surface area contributed by atoms with Gasteiger partial charge in [-0.15, -0.1) is 6.42 Å². The van der Waals surface area contributed by atoms with Gasteiger partial charge in [-0.3, -0.25) is 0 Å². The second kappa shape index (κ2) is 3.62. The maximum Gasteiger partial charge on any atom is 0.121 e. The minimum atomic E-state index is 0.660. The van der Waals surface area contributed by atoms with Crippen molar-refractivity contribution < 1.29 is 4.74 Å². The first-order valence-electron chi connectivity index (χ1n) is 4.66. The van der Waals surface area contributed by atoms with Crippen molar-refractivity contribution in [2.75, 3.05) is 7.11 Å². The van der Waals surface area contributed by atoms with Gasteiger partial charge in [-0.1, -0.05) is 5.92 Å². The van der Waals surface area contributed by atoms with Gasteiger partial charge in [0.1, 0.15) is 11.4 Å². The van der Waals surface area contributed by atoms with Gasteiger partial charge in [0.05, 0.1) is 12.6 Å². The van der Waals surface area contributed by atoms with Gasteiger partial charge in [0.2, 0.25) is 0 Å². The number of pyridine rings is 1. The van der Waals surface area contributed by atoms with Crippen LogP contribution in [0.4, 0.5) is 0 Å². The molecule has 0 aliphatic carbocycles. The predicted octanol–water partition coefficient (Wildman–Crippen LogP) is 2.53. The van der Waals surface area contributed by atoms with Gasteiger partial charge in [0.15, 0.2) is 0 Å². The number of aryl methyl sites for hydroxylation is 1. The number of terminal acetylenes is 1. The Morgan fingerprint density at radius 2 is 2.13 bits per heavy atom. The number of aromatic nitrogens is 1. The van der Waals surface area contributed by atoms with Crippen molar-refractivity contribution in [2.24, 2.45) is 0 Å². The topological polar surface area (TPSA) is 22.1 Å². The van der Waals surface area contributed by atoms with Crippen molar-refractivity contribution >= 4 is 10.9 Å². The molecule has 2 heteroatoms. The van der Waals surface area contributed by atoms with E-state index in [1.54, 1.807) is 7.11 Å². The summed E-state index contributed by atoms with van der Waals surface area (Å²) in [5.74, 6) is 3.34. The Morgan fingerprint density at radius 3 is 2.80 bits per heavy atom. The lowest BCUT2D eigenvalue weighted by molar-refractivity contribution is 0.415. The molecule has 0 fully saturated rings. The van der Waals surface area contributed by atoms with Crippen molar-refractivity contribution in [2.45, 2.75) is 6.92 Å². The minimum absolute atomic E-state index is 0.660. The van der Waals surface area contributed by atoms with Gasteiger partial charge >= 0.3 is 0 Å². The number of benzene rings is 1. The molecule has 2 aromatic rings. The highest BCUT2D eigenvalue weighted by molar-refractivity contribution is 5.83. The summed E-state index contributed by atoms with van der Waals surface area (Å²) >= 11 is 0. The zero-order valence-electron chi connectivity index (χ0n) is 8.74. The van der Waals surface area contributed by atoms with Crippen LogP contribution >= 0.6 is 0 Å². The number of hydrogen-bond donors (Lipinski definition) is 0. The lowest BCUT2D eigenvalue weighted by Gasteiger charge is -2.05. The van der Waals surface area contributed by atoms with E-state index in [-0.39, 0.29) is 0 Å². The number of rotatable bonds is 1. The molecule has 0 aliphatic heterocycles. The van der Waals surface area contributed by atoms with E-state index in [1.807, 2.05) is 31.2 Å². The SMILES string of the molecule is C#Cc1cc(C)c2ccc(OC)cc2n1. The van der Waals surface area contributed by atoms with Gasteiger partial charge < -0.3 is 4.74 Å². The molecule has 0 saturated heterocycles. The van der Waals surface area contributed by atoms with E-state index in [0.29, 0.717) is 5.69 Å². The fraction of sp³-hybridized carbons (Fsp3) is 0.154. The first-order valence-corrected chi connectivity index (χ1v) is 4.66. The van der Waals surface area contributed by atoms with Crippen LogP contribution in [0.3, 0.4) is 0 Å². The van der Waals surface area contributed by atoms with Gasteiger partial charge in [0.25, 0.3) is 0 Å². The molecule has 0 aliphatic rings. The van der Waals surface area contributed by atoms with E-state index in [4.69, 9.17) is 11.2 Å². The number of fused-ring (bicyclic) bond motifs is 1. The van der Waals surface area contributed by atoms with E-state index < -0.39 is 0 Å². The first-order chi connectivity index (χ1) is 7.24. The molecule has 2 nitrogen and oxygen atoms in total. The molecule has 1 heterocycles. The summed E-state index contributed by atoms with van der Waals surface area (Å²) in [6.45, 7) is 2.03. The minimum Gasteiger partial charge on any atom is -0.497 e. The second-order valence-electron chi connectivity index (χ2n) is 3.35. The summed E-state index contributed by atoms with van der Waals surface area (Å²) in [7, 11) is 1.64. The molecule has 74 valence electrons. The van der Waals surface area contributed by atoms with Crippen LogP contribution in [-0.4, -0.2) is 12.1 Å². The van der Waals surface area contributed by atoms with Crippen LogP contribution in [0, 0.1) is 19.3 Å². The summed E-state index contributed by atoms with van der Waals surface area (Å²) in [5.41, 5.74) is 2.67. The fourth-order valence-electron chi connectivity index (χ4n) is 1.58. The molecule has 2 rings (SSSR count). The quantitative estimate of drug-likeness (QED) is 0.655. The number of methoxy groups -OCH3 is 1. The third-order valence-corrected chi connectivity index (χ3v) is 2.37. The summed E-state index contributed by atoms with van der Waals surface area (Å²) in [6.07, 6.45) is 5.34. The summed E-state index contributed by atoms with van der Waals surface area (Å²) in [4.78, 5) is 4.35. The fourth-order valence-corrected chi connectivity index (χ4v) is 1.58. The molecule has 15 heavy (non-hydrogen) atoms. The molecule has 0 radical (unpaired) electrons. The maximum absolute atomic E-state index is 5.34. The van der Waals surface area contributed by atoms with Gasteiger partial charge in [0, 0.05) is 11.5 Å². The molecule has 0 unspecified atom stereocenters. The molecule has 0 atom stereocenters. The molecule has 0 bridgehead atoms. The molecular weight excluding hydrogens is 186 g/mol. The number of nitrogens with zero attached hydrogens (tertiary/aromatic N) is 1. The first kappa shape index (κ1) is 9.54.